The van der Waals surface area contributed by atoms with Crippen LogP contribution in [-0.2, 0) is 14.6 Å². The van der Waals surface area contributed by atoms with Crippen molar-refractivity contribution >= 4 is 51.8 Å². The molecule has 0 aliphatic carbocycles. The number of guanidine groups is 1. The van der Waals surface area contributed by atoms with Crippen molar-refractivity contribution < 1.29 is 13.2 Å². The van der Waals surface area contributed by atoms with E-state index in [0.717, 1.165) is 38.7 Å². The molecule has 32 heavy (non-hydrogen) atoms. The second kappa shape index (κ2) is 13.1. The molecule has 2 aliphatic heterocycles. The molecule has 2 saturated heterocycles. The van der Waals surface area contributed by atoms with E-state index in [1.807, 2.05) is 18.2 Å². The van der Waals surface area contributed by atoms with E-state index in [1.165, 1.54) is 5.56 Å². The Hall–Kier alpha value is -1.66. The van der Waals surface area contributed by atoms with Gasteiger partial charge in [0.2, 0.25) is 5.91 Å². The van der Waals surface area contributed by atoms with E-state index in [0.29, 0.717) is 19.4 Å². The monoisotopic (exact) mass is 575 g/mol. The van der Waals surface area contributed by atoms with Crippen LogP contribution >= 0.6 is 24.0 Å². The Bertz CT molecular complexity index is 884. The molecule has 2 fully saturated rings. The zero-order chi connectivity index (χ0) is 22.1. The Morgan fingerprint density at radius 1 is 1.19 bits per heavy atom. The van der Waals surface area contributed by atoms with Gasteiger partial charge in [0.1, 0.15) is 0 Å². The number of nitrogens with zero attached hydrogens (tertiary/aromatic N) is 3. The van der Waals surface area contributed by atoms with Crippen LogP contribution in [0.1, 0.15) is 18.4 Å². The molecular weight excluding hydrogens is 541 g/mol. The molecule has 1 unspecified atom stereocenters. The summed E-state index contributed by atoms with van der Waals surface area (Å²) in [4.78, 5) is 21.1. The van der Waals surface area contributed by atoms with Crippen LogP contribution in [-0.4, -0.2) is 93.9 Å². The molecule has 1 amide bonds. The van der Waals surface area contributed by atoms with E-state index in [4.69, 9.17) is 0 Å². The lowest BCUT2D eigenvalue weighted by Gasteiger charge is -2.36. The molecule has 1 aromatic rings. The van der Waals surface area contributed by atoms with Crippen molar-refractivity contribution in [3.8, 4) is 0 Å². The molecule has 10 heteroatoms. The number of piperazine rings is 1. The summed E-state index contributed by atoms with van der Waals surface area (Å²) in [6, 6.07) is 10.0. The maximum absolute atomic E-state index is 12.1. The fourth-order valence-corrected chi connectivity index (χ4v) is 5.55. The summed E-state index contributed by atoms with van der Waals surface area (Å²) in [6.07, 6.45) is 5.15. The second-order valence-electron chi connectivity index (χ2n) is 7.99. The summed E-state index contributed by atoms with van der Waals surface area (Å²) in [5.41, 5.74) is 1.21. The first kappa shape index (κ1) is 26.6. The molecular formula is C22H34IN5O3S. The average Bonchev–Trinajstić information content (AvgIpc) is 3.10. The van der Waals surface area contributed by atoms with Gasteiger partial charge in [-0.1, -0.05) is 42.5 Å². The Labute approximate surface area is 208 Å². The highest BCUT2D eigenvalue weighted by Crippen LogP contribution is 2.11. The van der Waals surface area contributed by atoms with Gasteiger partial charge in [0.05, 0.1) is 11.5 Å². The summed E-state index contributed by atoms with van der Waals surface area (Å²) in [6.45, 7) is 5.06. The van der Waals surface area contributed by atoms with Gasteiger partial charge in [0.25, 0.3) is 0 Å². The van der Waals surface area contributed by atoms with Crippen LogP contribution in [0, 0.1) is 0 Å². The normalized spacial score (nSPS) is 21.3. The van der Waals surface area contributed by atoms with Gasteiger partial charge in [-0.3, -0.25) is 14.7 Å². The standard InChI is InChI=1S/C22H33N5O3S.HI/c1-23-22(24-11-9-21(28)25-20-10-17-31(29,30)18-20)27-15-13-26(14-16-27)12-5-8-19-6-3-2-4-7-19;/h2-8,20H,9-18H2,1H3,(H,23,24)(H,25,28);1H/b8-5+;. The third kappa shape index (κ3) is 8.70. The molecule has 0 spiro atoms. The molecule has 8 nitrogen and oxygen atoms in total. The number of sulfone groups is 1. The third-order valence-electron chi connectivity index (χ3n) is 5.59. The topological polar surface area (TPSA) is 94.1 Å². The van der Waals surface area contributed by atoms with Crippen molar-refractivity contribution in [2.24, 2.45) is 4.99 Å². The van der Waals surface area contributed by atoms with Crippen molar-refractivity contribution in [2.45, 2.75) is 18.9 Å². The molecule has 0 saturated carbocycles. The van der Waals surface area contributed by atoms with Gasteiger partial charge in [-0.05, 0) is 12.0 Å². The Balaban J connectivity index is 0.00000363. The summed E-state index contributed by atoms with van der Waals surface area (Å²) < 4.78 is 23.0. The molecule has 1 atom stereocenters. The highest BCUT2D eigenvalue weighted by molar-refractivity contribution is 14.0. The van der Waals surface area contributed by atoms with Gasteiger partial charge < -0.3 is 15.5 Å². The van der Waals surface area contributed by atoms with E-state index in [-0.39, 0.29) is 47.4 Å². The predicted molar refractivity (Wildman–Crippen MR) is 140 cm³/mol. The summed E-state index contributed by atoms with van der Waals surface area (Å²) in [5, 5.41) is 6.07. The van der Waals surface area contributed by atoms with Crippen LogP contribution in [0.25, 0.3) is 6.08 Å². The third-order valence-corrected chi connectivity index (χ3v) is 7.36. The summed E-state index contributed by atoms with van der Waals surface area (Å²) in [5.74, 6) is 0.894. The van der Waals surface area contributed by atoms with Gasteiger partial charge in [-0.15, -0.1) is 24.0 Å². The smallest absolute Gasteiger partial charge is 0.222 e. The van der Waals surface area contributed by atoms with Gasteiger partial charge in [0, 0.05) is 58.8 Å². The van der Waals surface area contributed by atoms with Crippen molar-refractivity contribution in [3.63, 3.8) is 0 Å². The SMILES string of the molecule is CN=C(NCCC(=O)NC1CCS(=O)(=O)C1)N1CCN(C/C=C/c2ccccc2)CC1.I. The Morgan fingerprint density at radius 3 is 2.53 bits per heavy atom. The zero-order valence-corrected chi connectivity index (χ0v) is 21.7. The van der Waals surface area contributed by atoms with Crippen molar-refractivity contribution in [1.82, 2.24) is 20.4 Å². The molecule has 0 radical (unpaired) electrons. The second-order valence-corrected chi connectivity index (χ2v) is 10.2. The largest absolute Gasteiger partial charge is 0.356 e. The molecule has 2 N–H and O–H groups in total. The minimum Gasteiger partial charge on any atom is -0.356 e. The van der Waals surface area contributed by atoms with E-state index in [1.54, 1.807) is 7.05 Å². The van der Waals surface area contributed by atoms with Crippen LogP contribution in [0.5, 0.6) is 0 Å². The first-order valence-corrected chi connectivity index (χ1v) is 12.7. The summed E-state index contributed by atoms with van der Waals surface area (Å²) >= 11 is 0. The number of nitrogens with one attached hydrogen (secondary N) is 2. The molecule has 3 rings (SSSR count). The number of benzene rings is 1. The molecule has 2 heterocycles. The van der Waals surface area contributed by atoms with Crippen molar-refractivity contribution in [2.75, 3.05) is 57.8 Å². The average molecular weight is 576 g/mol. The molecule has 178 valence electrons. The number of rotatable bonds is 7. The van der Waals surface area contributed by atoms with Crippen LogP contribution in [0.2, 0.25) is 0 Å². The number of halogens is 1. The lowest BCUT2D eigenvalue weighted by Crippen LogP contribution is -2.52. The highest BCUT2D eigenvalue weighted by atomic mass is 127. The minimum absolute atomic E-state index is 0. The van der Waals surface area contributed by atoms with Gasteiger partial charge >= 0.3 is 0 Å². The van der Waals surface area contributed by atoms with Gasteiger partial charge in [0.15, 0.2) is 15.8 Å². The quantitative estimate of drug-likeness (QED) is 0.289. The Kier molecular flexibility index (Phi) is 10.9. The molecule has 0 bridgehead atoms. The number of carbonyl (C=O) groups is 1. The van der Waals surface area contributed by atoms with Crippen LogP contribution in [0.3, 0.4) is 0 Å². The number of aliphatic imine (C=N–C) groups is 1. The zero-order valence-electron chi connectivity index (χ0n) is 18.6. The maximum atomic E-state index is 12.1. The van der Waals surface area contributed by atoms with Crippen molar-refractivity contribution in [1.29, 1.82) is 0 Å². The van der Waals surface area contributed by atoms with E-state index in [2.05, 4.69) is 49.7 Å². The van der Waals surface area contributed by atoms with Crippen LogP contribution in [0.15, 0.2) is 41.4 Å². The van der Waals surface area contributed by atoms with Crippen LogP contribution in [0.4, 0.5) is 0 Å². The molecule has 2 aliphatic rings. The maximum Gasteiger partial charge on any atom is 0.222 e. The number of hydrogen-bond donors (Lipinski definition) is 2. The van der Waals surface area contributed by atoms with Gasteiger partial charge in [-0.2, -0.15) is 0 Å². The first-order valence-electron chi connectivity index (χ1n) is 10.8. The van der Waals surface area contributed by atoms with E-state index >= 15 is 0 Å². The van der Waals surface area contributed by atoms with Gasteiger partial charge in [-0.25, -0.2) is 8.42 Å². The first-order chi connectivity index (χ1) is 14.9. The fourth-order valence-electron chi connectivity index (χ4n) is 3.87. The van der Waals surface area contributed by atoms with E-state index in [9.17, 15) is 13.2 Å². The Morgan fingerprint density at radius 2 is 1.91 bits per heavy atom. The number of carbonyl (C=O) groups excluding carboxylic acids is 1. The number of amides is 1. The number of hydrogen-bond acceptors (Lipinski definition) is 5. The summed E-state index contributed by atoms with van der Waals surface area (Å²) in [7, 11) is -1.23. The molecule has 1 aromatic carbocycles. The van der Waals surface area contributed by atoms with Crippen molar-refractivity contribution in [3.05, 3.63) is 42.0 Å². The molecule has 0 aromatic heterocycles. The fraction of sp³-hybridized carbons (Fsp3) is 0.545. The minimum atomic E-state index is -2.98. The predicted octanol–water partition coefficient (Wildman–Crippen LogP) is 1.20. The van der Waals surface area contributed by atoms with Crippen LogP contribution < -0.4 is 10.6 Å². The lowest BCUT2D eigenvalue weighted by atomic mass is 10.2. The van der Waals surface area contributed by atoms with E-state index < -0.39 is 9.84 Å². The lowest BCUT2D eigenvalue weighted by molar-refractivity contribution is -0.121. The highest BCUT2D eigenvalue weighted by Gasteiger charge is 2.28.